The molecule has 1 unspecified atom stereocenters. The van der Waals surface area contributed by atoms with Gasteiger partial charge < -0.3 is 0 Å². The van der Waals surface area contributed by atoms with E-state index in [1.807, 2.05) is 0 Å². The molecule has 0 spiro atoms. The van der Waals surface area contributed by atoms with Crippen molar-refractivity contribution in [2.24, 2.45) is 11.8 Å². The lowest BCUT2D eigenvalue weighted by Crippen LogP contribution is -2.13. The van der Waals surface area contributed by atoms with Crippen LogP contribution in [0.1, 0.15) is 33.6 Å². The Balaban J connectivity index is 3.32. The summed E-state index contributed by atoms with van der Waals surface area (Å²) < 4.78 is 0. The molecule has 0 aromatic heterocycles. The Kier molecular flexibility index (Phi) is 8.79. The number of rotatable bonds is 7. The average Bonchev–Trinajstić information content (AvgIpc) is 2.04. The van der Waals surface area contributed by atoms with E-state index in [-0.39, 0.29) is 0 Å². The zero-order valence-electron chi connectivity index (χ0n) is 8.55. The summed E-state index contributed by atoms with van der Waals surface area (Å²) in [5.74, 6) is 5.25. The molecule has 0 bridgehead atoms. The summed E-state index contributed by atoms with van der Waals surface area (Å²) in [6.07, 6.45) is 2.68. The summed E-state index contributed by atoms with van der Waals surface area (Å²) in [5.41, 5.74) is 0. The predicted molar refractivity (Wildman–Crippen MR) is 64.4 cm³/mol. The third-order valence-electron chi connectivity index (χ3n) is 2.15. The van der Waals surface area contributed by atoms with Crippen LogP contribution in [0.2, 0.25) is 0 Å². The second kappa shape index (κ2) is 8.31. The van der Waals surface area contributed by atoms with E-state index in [9.17, 15) is 0 Å². The minimum Gasteiger partial charge on any atom is -0.179 e. The van der Waals surface area contributed by atoms with Gasteiger partial charge in [0.05, 0.1) is 0 Å². The monoisotopic (exact) mass is 206 g/mol. The molecular weight excluding hydrogens is 184 g/mol. The number of hydrogen-bond acceptors (Lipinski definition) is 2. The largest absolute Gasteiger partial charge is 0.179 e. The maximum Gasteiger partial charge on any atom is -0.00289 e. The molecule has 0 saturated heterocycles. The topological polar surface area (TPSA) is 0 Å². The molecule has 0 heterocycles. The summed E-state index contributed by atoms with van der Waals surface area (Å²) in [6.45, 7) is 6.83. The van der Waals surface area contributed by atoms with Crippen molar-refractivity contribution in [3.05, 3.63) is 0 Å². The number of thioether (sulfide) groups is 1. The Morgan fingerprint density at radius 2 is 2.00 bits per heavy atom. The first-order chi connectivity index (χ1) is 5.72. The molecule has 2 heteroatoms. The smallest absolute Gasteiger partial charge is 0.00289 e. The van der Waals surface area contributed by atoms with E-state index in [0.717, 1.165) is 17.6 Å². The summed E-state index contributed by atoms with van der Waals surface area (Å²) in [6, 6.07) is 0. The van der Waals surface area contributed by atoms with Gasteiger partial charge in [-0.3, -0.25) is 0 Å². The fourth-order valence-electron chi connectivity index (χ4n) is 0.937. The molecular formula is C10H22S2. The molecule has 0 N–H and O–H groups in total. The van der Waals surface area contributed by atoms with E-state index in [4.69, 9.17) is 0 Å². The van der Waals surface area contributed by atoms with Gasteiger partial charge in [0.25, 0.3) is 0 Å². The number of hydrogen-bond donors (Lipinski definition) is 1. The van der Waals surface area contributed by atoms with Crippen molar-refractivity contribution in [2.75, 3.05) is 17.3 Å². The van der Waals surface area contributed by atoms with Crippen molar-refractivity contribution >= 4 is 24.4 Å². The van der Waals surface area contributed by atoms with Crippen molar-refractivity contribution in [1.82, 2.24) is 0 Å². The highest BCUT2D eigenvalue weighted by Crippen LogP contribution is 2.19. The molecule has 0 saturated carbocycles. The van der Waals surface area contributed by atoms with Crippen LogP contribution >= 0.6 is 24.4 Å². The van der Waals surface area contributed by atoms with Crippen LogP contribution in [-0.4, -0.2) is 17.3 Å². The first-order valence-corrected chi connectivity index (χ1v) is 6.69. The lowest BCUT2D eigenvalue weighted by atomic mass is 10.0. The van der Waals surface area contributed by atoms with Gasteiger partial charge in [0, 0.05) is 0 Å². The zero-order chi connectivity index (χ0) is 9.40. The van der Waals surface area contributed by atoms with Crippen molar-refractivity contribution < 1.29 is 0 Å². The fourth-order valence-corrected chi connectivity index (χ4v) is 3.13. The third kappa shape index (κ3) is 6.24. The number of unbranched alkanes of at least 4 members (excludes halogenated alkanes) is 1. The van der Waals surface area contributed by atoms with E-state index in [2.05, 4.69) is 45.2 Å². The molecule has 74 valence electrons. The highest BCUT2D eigenvalue weighted by atomic mass is 32.2. The van der Waals surface area contributed by atoms with Crippen LogP contribution in [0, 0.1) is 11.8 Å². The van der Waals surface area contributed by atoms with E-state index in [0.29, 0.717) is 0 Å². The Labute approximate surface area is 87.3 Å². The van der Waals surface area contributed by atoms with Crippen LogP contribution in [0.3, 0.4) is 0 Å². The molecule has 0 radical (unpaired) electrons. The van der Waals surface area contributed by atoms with Gasteiger partial charge in [0.1, 0.15) is 0 Å². The molecule has 0 nitrogen and oxygen atoms in total. The van der Waals surface area contributed by atoms with Crippen molar-refractivity contribution in [3.8, 4) is 0 Å². The summed E-state index contributed by atoms with van der Waals surface area (Å²) >= 11 is 6.46. The first kappa shape index (κ1) is 12.7. The molecule has 0 aliphatic carbocycles. The lowest BCUT2D eigenvalue weighted by Gasteiger charge is -2.17. The normalized spacial score (nSPS) is 13.8. The van der Waals surface area contributed by atoms with Crippen molar-refractivity contribution in [2.45, 2.75) is 33.6 Å². The maximum atomic E-state index is 4.37. The second-order valence-electron chi connectivity index (χ2n) is 3.62. The molecule has 0 aliphatic rings. The standard InChI is InChI=1S/C10H22S2/c1-4-5-6-12-8-10(7-11)9(2)3/h9-11H,4-8H2,1-3H3. The highest BCUT2D eigenvalue weighted by molar-refractivity contribution is 7.99. The Morgan fingerprint density at radius 3 is 2.42 bits per heavy atom. The molecule has 0 aliphatic heterocycles. The third-order valence-corrected chi connectivity index (χ3v) is 3.86. The average molecular weight is 206 g/mol. The summed E-state index contributed by atoms with van der Waals surface area (Å²) in [7, 11) is 0. The highest BCUT2D eigenvalue weighted by Gasteiger charge is 2.10. The summed E-state index contributed by atoms with van der Waals surface area (Å²) in [5, 5.41) is 0. The SMILES string of the molecule is CCCCSCC(CS)C(C)C. The van der Waals surface area contributed by atoms with Gasteiger partial charge in [-0.1, -0.05) is 27.2 Å². The predicted octanol–water partition coefficient (Wildman–Crippen LogP) is 3.72. The minimum absolute atomic E-state index is 0.789. The van der Waals surface area contributed by atoms with Crippen LogP contribution in [0.4, 0.5) is 0 Å². The summed E-state index contributed by atoms with van der Waals surface area (Å²) in [4.78, 5) is 0. The first-order valence-electron chi connectivity index (χ1n) is 4.91. The molecule has 0 rings (SSSR count). The second-order valence-corrected chi connectivity index (χ2v) is 5.13. The van der Waals surface area contributed by atoms with Crippen molar-refractivity contribution in [3.63, 3.8) is 0 Å². The van der Waals surface area contributed by atoms with Gasteiger partial charge in [0.2, 0.25) is 0 Å². The van der Waals surface area contributed by atoms with E-state index in [1.54, 1.807) is 0 Å². The van der Waals surface area contributed by atoms with E-state index >= 15 is 0 Å². The molecule has 0 amide bonds. The van der Waals surface area contributed by atoms with Crippen molar-refractivity contribution in [1.29, 1.82) is 0 Å². The maximum absolute atomic E-state index is 4.37. The minimum atomic E-state index is 0.789. The molecule has 0 aromatic carbocycles. The van der Waals surface area contributed by atoms with E-state index in [1.165, 1.54) is 24.3 Å². The van der Waals surface area contributed by atoms with Gasteiger partial charge in [-0.2, -0.15) is 24.4 Å². The van der Waals surface area contributed by atoms with Gasteiger partial charge in [-0.15, -0.1) is 0 Å². The number of thiol groups is 1. The van der Waals surface area contributed by atoms with E-state index < -0.39 is 0 Å². The Hall–Kier alpha value is 0.700. The zero-order valence-corrected chi connectivity index (χ0v) is 10.3. The molecule has 12 heavy (non-hydrogen) atoms. The van der Waals surface area contributed by atoms with Gasteiger partial charge in [-0.25, -0.2) is 0 Å². The van der Waals surface area contributed by atoms with Crippen LogP contribution in [0.25, 0.3) is 0 Å². The van der Waals surface area contributed by atoms with Gasteiger partial charge >= 0.3 is 0 Å². The molecule has 0 aromatic rings. The van der Waals surface area contributed by atoms with Crippen LogP contribution in [0.15, 0.2) is 0 Å². The fraction of sp³-hybridized carbons (Fsp3) is 1.00. The quantitative estimate of drug-likeness (QED) is 0.489. The Bertz CT molecular complexity index is 91.8. The van der Waals surface area contributed by atoms with Crippen LogP contribution in [-0.2, 0) is 0 Å². The van der Waals surface area contributed by atoms with Crippen LogP contribution < -0.4 is 0 Å². The lowest BCUT2D eigenvalue weighted by molar-refractivity contribution is 0.473. The molecule has 0 fully saturated rings. The van der Waals surface area contributed by atoms with Gasteiger partial charge in [-0.05, 0) is 35.5 Å². The Morgan fingerprint density at radius 1 is 1.33 bits per heavy atom. The van der Waals surface area contributed by atoms with Gasteiger partial charge in [0.15, 0.2) is 0 Å². The van der Waals surface area contributed by atoms with Crippen LogP contribution in [0.5, 0.6) is 0 Å². The molecule has 1 atom stereocenters.